The third kappa shape index (κ3) is 7.27. The van der Waals surface area contributed by atoms with Gasteiger partial charge in [0.15, 0.2) is 0 Å². The summed E-state index contributed by atoms with van der Waals surface area (Å²) in [6.45, 7) is 7.68. The first-order valence-electron chi connectivity index (χ1n) is 6.35. The molecule has 21 heavy (non-hydrogen) atoms. The van der Waals surface area contributed by atoms with Gasteiger partial charge in [0.05, 0.1) is 11.5 Å². The van der Waals surface area contributed by atoms with Gasteiger partial charge in [-0.1, -0.05) is 13.8 Å². The van der Waals surface area contributed by atoms with E-state index in [9.17, 15) is 10.1 Å². The molecule has 120 valence electrons. The molecule has 0 aliphatic carbocycles. The Morgan fingerprint density at radius 3 is 2.19 bits per heavy atom. The highest BCUT2D eigenvalue weighted by atomic mass is 35.5. The van der Waals surface area contributed by atoms with Crippen molar-refractivity contribution in [3.63, 3.8) is 0 Å². The Morgan fingerprint density at radius 1 is 1.24 bits per heavy atom. The fourth-order valence-corrected chi connectivity index (χ4v) is 1.70. The second-order valence-corrected chi connectivity index (χ2v) is 4.10. The van der Waals surface area contributed by atoms with Crippen LogP contribution in [0.25, 0.3) is 0 Å². The molecule has 0 bridgehead atoms. The van der Waals surface area contributed by atoms with Gasteiger partial charge >= 0.3 is 0 Å². The number of nitrogens with zero attached hydrogens (tertiary/aromatic N) is 3. The quantitative estimate of drug-likeness (QED) is 0.358. The molecule has 0 radical (unpaired) electrons. The summed E-state index contributed by atoms with van der Waals surface area (Å²) in [6.07, 6.45) is 0. The van der Waals surface area contributed by atoms with Crippen molar-refractivity contribution in [2.75, 3.05) is 26.2 Å². The van der Waals surface area contributed by atoms with Gasteiger partial charge in [-0.2, -0.15) is 0 Å². The second-order valence-electron chi connectivity index (χ2n) is 4.10. The van der Waals surface area contributed by atoms with Crippen molar-refractivity contribution in [3.8, 4) is 0 Å². The van der Waals surface area contributed by atoms with E-state index in [0.29, 0.717) is 17.9 Å². The van der Waals surface area contributed by atoms with Crippen LogP contribution in [0.3, 0.4) is 0 Å². The molecular formula is C13H22Cl2N4O2. The molecular weight excluding hydrogens is 315 g/mol. The molecule has 1 aromatic rings. The van der Waals surface area contributed by atoms with E-state index in [0.717, 1.165) is 19.6 Å². The first-order chi connectivity index (χ1) is 9.08. The number of rotatable bonds is 7. The Bertz CT molecular complexity index is 448. The lowest BCUT2D eigenvalue weighted by molar-refractivity contribution is -0.384. The SMILES string of the molecule is CCN(CC)CCN=C(N)c1ccc([N+](=O)[O-])cc1.Cl.Cl. The molecule has 0 atom stereocenters. The normalized spacial score (nSPS) is 10.7. The van der Waals surface area contributed by atoms with E-state index in [-0.39, 0.29) is 30.5 Å². The minimum Gasteiger partial charge on any atom is -0.384 e. The molecule has 0 fully saturated rings. The van der Waals surface area contributed by atoms with E-state index in [1.165, 1.54) is 12.1 Å². The van der Waals surface area contributed by atoms with Crippen LogP contribution in [-0.4, -0.2) is 41.8 Å². The van der Waals surface area contributed by atoms with Crippen LogP contribution in [0, 0.1) is 10.1 Å². The van der Waals surface area contributed by atoms with Gasteiger partial charge in [-0.05, 0) is 25.2 Å². The van der Waals surface area contributed by atoms with E-state index < -0.39 is 4.92 Å². The number of non-ortho nitro benzene ring substituents is 1. The number of nitro groups is 1. The van der Waals surface area contributed by atoms with E-state index in [2.05, 4.69) is 23.7 Å². The number of likely N-dealkylation sites (N-methyl/N-ethyl adjacent to an activating group) is 1. The molecule has 0 unspecified atom stereocenters. The van der Waals surface area contributed by atoms with Crippen molar-refractivity contribution in [1.29, 1.82) is 0 Å². The van der Waals surface area contributed by atoms with Gasteiger partial charge in [0, 0.05) is 24.2 Å². The number of nitro benzene ring substituents is 1. The van der Waals surface area contributed by atoms with Crippen LogP contribution in [0.5, 0.6) is 0 Å². The average Bonchev–Trinajstić information content (AvgIpc) is 2.43. The number of aliphatic imine (C=N–C) groups is 1. The number of hydrogen-bond acceptors (Lipinski definition) is 4. The van der Waals surface area contributed by atoms with Gasteiger partial charge in [-0.3, -0.25) is 15.1 Å². The molecule has 0 aliphatic rings. The lowest BCUT2D eigenvalue weighted by Gasteiger charge is -2.16. The number of hydrogen-bond donors (Lipinski definition) is 1. The van der Waals surface area contributed by atoms with E-state index in [1.807, 2.05) is 0 Å². The fourth-order valence-electron chi connectivity index (χ4n) is 1.70. The van der Waals surface area contributed by atoms with Crippen LogP contribution < -0.4 is 5.73 Å². The molecule has 1 rings (SSSR count). The Labute approximate surface area is 137 Å². The third-order valence-corrected chi connectivity index (χ3v) is 2.97. The summed E-state index contributed by atoms with van der Waals surface area (Å²) in [5.74, 6) is 0.419. The third-order valence-electron chi connectivity index (χ3n) is 2.97. The zero-order valence-electron chi connectivity index (χ0n) is 12.2. The summed E-state index contributed by atoms with van der Waals surface area (Å²) >= 11 is 0. The minimum absolute atomic E-state index is 0. The predicted molar refractivity (Wildman–Crippen MR) is 91.0 cm³/mol. The number of nitrogens with two attached hydrogens (primary N) is 1. The van der Waals surface area contributed by atoms with E-state index >= 15 is 0 Å². The molecule has 1 aromatic carbocycles. The van der Waals surface area contributed by atoms with Crippen molar-refractivity contribution in [2.45, 2.75) is 13.8 Å². The summed E-state index contributed by atoms with van der Waals surface area (Å²) < 4.78 is 0. The monoisotopic (exact) mass is 336 g/mol. The summed E-state index contributed by atoms with van der Waals surface area (Å²) in [7, 11) is 0. The van der Waals surface area contributed by atoms with Crippen molar-refractivity contribution >= 4 is 36.3 Å². The maximum atomic E-state index is 10.5. The van der Waals surface area contributed by atoms with Crippen LogP contribution in [-0.2, 0) is 0 Å². The van der Waals surface area contributed by atoms with E-state index in [1.54, 1.807) is 12.1 Å². The highest BCUT2D eigenvalue weighted by Gasteiger charge is 2.05. The Kier molecular flexibility index (Phi) is 11.8. The summed E-state index contributed by atoms with van der Waals surface area (Å²) in [4.78, 5) is 16.6. The highest BCUT2D eigenvalue weighted by molar-refractivity contribution is 5.97. The molecule has 0 aliphatic heterocycles. The van der Waals surface area contributed by atoms with Gasteiger partial charge in [0.1, 0.15) is 5.84 Å². The summed E-state index contributed by atoms with van der Waals surface area (Å²) in [5.41, 5.74) is 6.62. The molecule has 2 N–H and O–H groups in total. The molecule has 0 saturated heterocycles. The predicted octanol–water partition coefficient (Wildman–Crippen LogP) is 2.49. The Balaban J connectivity index is 0. The van der Waals surface area contributed by atoms with Crippen molar-refractivity contribution < 1.29 is 4.92 Å². The van der Waals surface area contributed by atoms with Gasteiger partial charge in [0.2, 0.25) is 0 Å². The minimum atomic E-state index is -0.433. The number of halogens is 2. The number of amidine groups is 1. The zero-order chi connectivity index (χ0) is 14.3. The summed E-state index contributed by atoms with van der Waals surface area (Å²) in [5, 5.41) is 10.5. The lowest BCUT2D eigenvalue weighted by Crippen LogP contribution is -2.26. The van der Waals surface area contributed by atoms with Gasteiger partial charge in [0.25, 0.3) is 5.69 Å². The van der Waals surface area contributed by atoms with Gasteiger partial charge in [-0.25, -0.2) is 0 Å². The largest absolute Gasteiger partial charge is 0.384 e. The van der Waals surface area contributed by atoms with Gasteiger partial charge < -0.3 is 10.6 Å². The molecule has 0 heterocycles. The van der Waals surface area contributed by atoms with Crippen molar-refractivity contribution in [2.24, 2.45) is 10.7 Å². The molecule has 6 nitrogen and oxygen atoms in total. The van der Waals surface area contributed by atoms with Gasteiger partial charge in [-0.15, -0.1) is 24.8 Å². The molecule has 0 amide bonds. The molecule has 0 saturated carbocycles. The van der Waals surface area contributed by atoms with Crippen molar-refractivity contribution in [3.05, 3.63) is 39.9 Å². The Morgan fingerprint density at radius 2 is 1.76 bits per heavy atom. The lowest BCUT2D eigenvalue weighted by atomic mass is 10.2. The first kappa shape index (κ1) is 21.9. The Hall–Kier alpha value is -1.37. The molecule has 0 spiro atoms. The maximum Gasteiger partial charge on any atom is 0.269 e. The van der Waals surface area contributed by atoms with Crippen LogP contribution >= 0.6 is 24.8 Å². The topological polar surface area (TPSA) is 84.8 Å². The maximum absolute atomic E-state index is 10.5. The fraction of sp³-hybridized carbons (Fsp3) is 0.462. The van der Waals surface area contributed by atoms with Crippen LogP contribution in [0.4, 0.5) is 5.69 Å². The van der Waals surface area contributed by atoms with E-state index in [4.69, 9.17) is 5.73 Å². The molecule has 0 aromatic heterocycles. The summed E-state index contributed by atoms with van der Waals surface area (Å²) in [6, 6.07) is 6.10. The van der Waals surface area contributed by atoms with Crippen LogP contribution in [0.15, 0.2) is 29.3 Å². The molecule has 8 heteroatoms. The number of benzene rings is 1. The second kappa shape index (κ2) is 11.3. The first-order valence-corrected chi connectivity index (χ1v) is 6.35. The van der Waals surface area contributed by atoms with Crippen molar-refractivity contribution in [1.82, 2.24) is 4.90 Å². The average molecular weight is 337 g/mol. The standard InChI is InChI=1S/C13H20N4O2.2ClH/c1-3-16(4-2)10-9-15-13(14)11-5-7-12(8-6-11)17(18)19;;/h5-8H,3-4,9-10H2,1-2H3,(H2,14,15);2*1H. The van der Waals surface area contributed by atoms with Crippen LogP contribution in [0.2, 0.25) is 0 Å². The van der Waals surface area contributed by atoms with Crippen LogP contribution in [0.1, 0.15) is 19.4 Å². The zero-order valence-corrected chi connectivity index (χ0v) is 13.8. The smallest absolute Gasteiger partial charge is 0.269 e. The highest BCUT2D eigenvalue weighted by Crippen LogP contribution is 2.11.